The molecule has 0 fully saturated rings. The zero-order valence-electron chi connectivity index (χ0n) is 19.0. The Balaban J connectivity index is 2.13. The number of nitrogens with zero attached hydrogens (tertiary/aromatic N) is 2. The van der Waals surface area contributed by atoms with Crippen LogP contribution in [0, 0.1) is 0 Å². The summed E-state index contributed by atoms with van der Waals surface area (Å²) in [6.45, 7) is 4.83. The Morgan fingerprint density at radius 3 is 2.35 bits per heavy atom. The SMILES string of the molecule is CN(C)c1ccc2c(c1)[Si](C)(C)C1=CC(=[N+](C)C)C=CC1=C2c1ccccc1C(=O)Cl. The lowest BCUT2D eigenvalue weighted by molar-refractivity contribution is -0.462. The van der Waals surface area contributed by atoms with Crippen molar-refractivity contribution in [3.8, 4) is 0 Å². The first-order valence-electron chi connectivity index (χ1n) is 10.4. The van der Waals surface area contributed by atoms with Crippen LogP contribution in [0.2, 0.25) is 13.1 Å². The van der Waals surface area contributed by atoms with Crippen molar-refractivity contribution >= 4 is 47.1 Å². The summed E-state index contributed by atoms with van der Waals surface area (Å²) < 4.78 is 2.15. The Morgan fingerprint density at radius 2 is 1.71 bits per heavy atom. The van der Waals surface area contributed by atoms with Crippen LogP contribution in [-0.2, 0) is 0 Å². The van der Waals surface area contributed by atoms with Gasteiger partial charge in [0.1, 0.15) is 22.2 Å². The van der Waals surface area contributed by atoms with E-state index in [9.17, 15) is 4.79 Å². The number of halogens is 1. The molecular weight excluding hydrogens is 420 g/mol. The van der Waals surface area contributed by atoms with E-state index in [0.717, 1.165) is 11.1 Å². The van der Waals surface area contributed by atoms with Gasteiger partial charge in [-0.15, -0.1) is 0 Å². The number of carbonyl (C=O) groups excluding carboxylic acids is 1. The van der Waals surface area contributed by atoms with E-state index in [2.05, 4.69) is 87.2 Å². The van der Waals surface area contributed by atoms with Crippen LogP contribution in [0.3, 0.4) is 0 Å². The zero-order chi connectivity index (χ0) is 22.5. The number of hydrogen-bond donors (Lipinski definition) is 0. The Bertz CT molecular complexity index is 1230. The van der Waals surface area contributed by atoms with Gasteiger partial charge in [0.15, 0.2) is 5.71 Å². The maximum absolute atomic E-state index is 12.3. The van der Waals surface area contributed by atoms with Gasteiger partial charge in [-0.3, -0.25) is 4.79 Å². The maximum atomic E-state index is 12.3. The fourth-order valence-corrected chi connectivity index (χ4v) is 7.78. The molecule has 4 rings (SSSR count). The lowest BCUT2D eigenvalue weighted by atomic mass is 9.87. The van der Waals surface area contributed by atoms with Gasteiger partial charge in [0, 0.05) is 37.5 Å². The average molecular weight is 448 g/mol. The van der Waals surface area contributed by atoms with Gasteiger partial charge >= 0.3 is 0 Å². The molecule has 1 aliphatic heterocycles. The minimum atomic E-state index is -2.00. The van der Waals surface area contributed by atoms with E-state index in [0.29, 0.717) is 5.56 Å². The van der Waals surface area contributed by atoms with Crippen molar-refractivity contribution in [3.63, 3.8) is 0 Å². The van der Waals surface area contributed by atoms with Crippen molar-refractivity contribution < 1.29 is 9.37 Å². The highest BCUT2D eigenvalue weighted by Gasteiger charge is 2.40. The largest absolute Gasteiger partial charge is 0.378 e. The quantitative estimate of drug-likeness (QED) is 0.389. The van der Waals surface area contributed by atoms with Gasteiger partial charge in [-0.2, -0.15) is 0 Å². The van der Waals surface area contributed by atoms with Crippen LogP contribution in [0.5, 0.6) is 0 Å². The van der Waals surface area contributed by atoms with Crippen LogP contribution in [-0.4, -0.2) is 51.8 Å². The van der Waals surface area contributed by atoms with E-state index in [-0.39, 0.29) is 0 Å². The fraction of sp³-hybridized carbons (Fsp3) is 0.231. The standard InChI is InChI=1S/C26H28ClN2OSi/c1-28(2)17-11-13-21-23(15-17)31(5,6)24-16-18(29(3)4)12-14-22(24)25(21)19-9-7-8-10-20(19)26(27)30/h7-16H,1-6H3/q+1. The van der Waals surface area contributed by atoms with Gasteiger partial charge in [0.05, 0.1) is 0 Å². The van der Waals surface area contributed by atoms with Crippen molar-refractivity contribution in [2.24, 2.45) is 0 Å². The van der Waals surface area contributed by atoms with Gasteiger partial charge < -0.3 is 4.90 Å². The highest BCUT2D eigenvalue weighted by Crippen LogP contribution is 2.42. The molecule has 0 bridgehead atoms. The normalized spacial score (nSPS) is 16.5. The van der Waals surface area contributed by atoms with E-state index in [1.807, 2.05) is 24.3 Å². The van der Waals surface area contributed by atoms with Crippen molar-refractivity contribution in [1.29, 1.82) is 0 Å². The molecule has 0 unspecified atom stereocenters. The molecule has 0 saturated carbocycles. The first kappa shape index (κ1) is 21.5. The van der Waals surface area contributed by atoms with Crippen molar-refractivity contribution in [2.75, 3.05) is 33.1 Å². The summed E-state index contributed by atoms with van der Waals surface area (Å²) in [5.41, 5.74) is 7.32. The first-order valence-corrected chi connectivity index (χ1v) is 13.8. The third-order valence-electron chi connectivity index (χ3n) is 6.33. The highest BCUT2D eigenvalue weighted by atomic mass is 35.5. The van der Waals surface area contributed by atoms with Crippen LogP contribution >= 0.6 is 11.6 Å². The molecule has 0 spiro atoms. The second-order valence-electron chi connectivity index (χ2n) is 9.07. The molecule has 0 saturated heterocycles. The number of rotatable bonds is 3. The summed E-state index contributed by atoms with van der Waals surface area (Å²) in [5.74, 6) is 0. The summed E-state index contributed by atoms with van der Waals surface area (Å²) in [7, 11) is 6.29. The second-order valence-corrected chi connectivity index (χ2v) is 13.7. The number of allylic oxidation sites excluding steroid dienone is 5. The topological polar surface area (TPSA) is 23.3 Å². The molecule has 0 radical (unpaired) electrons. The molecule has 0 amide bonds. The van der Waals surface area contributed by atoms with Crippen molar-refractivity contribution in [3.05, 3.63) is 88.2 Å². The summed E-state index contributed by atoms with van der Waals surface area (Å²) in [6, 6.07) is 14.4. The molecule has 158 valence electrons. The first-order chi connectivity index (χ1) is 14.6. The Morgan fingerprint density at radius 1 is 1.00 bits per heavy atom. The molecule has 5 heteroatoms. The van der Waals surface area contributed by atoms with Crippen LogP contribution in [0.15, 0.2) is 71.5 Å². The van der Waals surface area contributed by atoms with Gasteiger partial charge in [-0.25, -0.2) is 4.58 Å². The van der Waals surface area contributed by atoms with Crippen LogP contribution in [0.25, 0.3) is 5.57 Å². The molecule has 1 heterocycles. The number of hydrogen-bond acceptors (Lipinski definition) is 2. The number of benzene rings is 2. The third kappa shape index (κ3) is 3.54. The number of carbonyl (C=O) groups is 1. The predicted octanol–water partition coefficient (Wildman–Crippen LogP) is 4.61. The summed E-state index contributed by atoms with van der Waals surface area (Å²) in [6.07, 6.45) is 6.71. The summed E-state index contributed by atoms with van der Waals surface area (Å²) in [4.78, 5) is 14.4. The maximum Gasteiger partial charge on any atom is 0.253 e. The molecule has 2 aromatic carbocycles. The van der Waals surface area contributed by atoms with Crippen LogP contribution in [0.1, 0.15) is 21.5 Å². The third-order valence-corrected chi connectivity index (χ3v) is 10.1. The summed E-state index contributed by atoms with van der Waals surface area (Å²) in [5, 5.41) is 2.34. The van der Waals surface area contributed by atoms with Crippen LogP contribution < -0.4 is 10.1 Å². The Kier molecular flexibility index (Phi) is 5.40. The molecular formula is C26H28ClN2OSi+. The molecule has 2 aromatic rings. The fourth-order valence-electron chi connectivity index (χ4n) is 4.54. The van der Waals surface area contributed by atoms with Gasteiger partial charge in [-0.05, 0) is 68.5 Å². The van der Waals surface area contributed by atoms with E-state index >= 15 is 0 Å². The van der Waals surface area contributed by atoms with Gasteiger partial charge in [0.2, 0.25) is 0 Å². The minimum Gasteiger partial charge on any atom is -0.378 e. The van der Waals surface area contributed by atoms with Gasteiger partial charge in [0.25, 0.3) is 5.24 Å². The lowest BCUT2D eigenvalue weighted by Crippen LogP contribution is -2.49. The monoisotopic (exact) mass is 447 g/mol. The summed E-state index contributed by atoms with van der Waals surface area (Å²) >= 11 is 6.01. The zero-order valence-corrected chi connectivity index (χ0v) is 20.7. The molecule has 0 atom stereocenters. The molecule has 2 aliphatic rings. The molecule has 0 N–H and O–H groups in total. The van der Waals surface area contributed by atoms with E-state index < -0.39 is 13.3 Å². The van der Waals surface area contributed by atoms with E-state index in [1.165, 1.54) is 32.9 Å². The minimum absolute atomic E-state index is 0.428. The Hall–Kier alpha value is -2.69. The molecule has 1 aliphatic carbocycles. The van der Waals surface area contributed by atoms with Crippen molar-refractivity contribution in [1.82, 2.24) is 0 Å². The molecule has 3 nitrogen and oxygen atoms in total. The molecule has 0 aromatic heterocycles. The van der Waals surface area contributed by atoms with Crippen molar-refractivity contribution in [2.45, 2.75) is 13.1 Å². The van der Waals surface area contributed by atoms with Gasteiger partial charge in [-0.1, -0.05) is 37.4 Å². The highest BCUT2D eigenvalue weighted by molar-refractivity contribution is 6.98. The Labute approximate surface area is 190 Å². The lowest BCUT2D eigenvalue weighted by Gasteiger charge is -2.38. The predicted molar refractivity (Wildman–Crippen MR) is 135 cm³/mol. The van der Waals surface area contributed by atoms with Crippen LogP contribution in [0.4, 0.5) is 5.69 Å². The average Bonchev–Trinajstić information content (AvgIpc) is 2.73. The molecule has 31 heavy (non-hydrogen) atoms. The number of anilines is 1. The smallest absolute Gasteiger partial charge is 0.253 e. The van der Waals surface area contributed by atoms with E-state index in [4.69, 9.17) is 11.6 Å². The number of fused-ring (bicyclic) bond motifs is 2. The van der Waals surface area contributed by atoms with E-state index in [1.54, 1.807) is 0 Å². The second kappa shape index (κ2) is 7.77.